The number of allylic oxidation sites excluding steroid dienone is 4. The predicted molar refractivity (Wildman–Crippen MR) is 76.2 cm³/mol. The van der Waals surface area contributed by atoms with Gasteiger partial charge in [0.1, 0.15) is 0 Å². The lowest BCUT2D eigenvalue weighted by atomic mass is 9.71. The lowest BCUT2D eigenvalue weighted by molar-refractivity contribution is -0.169. The molecule has 2 rings (SSSR count). The third-order valence-corrected chi connectivity index (χ3v) is 4.28. The quantitative estimate of drug-likeness (QED) is 0.619. The van der Waals surface area contributed by atoms with Crippen LogP contribution in [0.15, 0.2) is 34.9 Å². The highest BCUT2D eigenvalue weighted by Gasteiger charge is 2.50. The number of fused-ring (bicyclic) bond motifs is 1. The molecule has 0 spiro atoms. The lowest BCUT2D eigenvalue weighted by Crippen LogP contribution is -2.43. The molecule has 0 saturated heterocycles. The van der Waals surface area contributed by atoms with Gasteiger partial charge in [-0.05, 0) is 36.5 Å². The first-order chi connectivity index (χ1) is 9.96. The summed E-state index contributed by atoms with van der Waals surface area (Å²) >= 11 is 0. The molecule has 5 heteroatoms. The zero-order chi connectivity index (χ0) is 15.6. The molecule has 2 aliphatic carbocycles. The summed E-state index contributed by atoms with van der Waals surface area (Å²) < 4.78 is 9.63. The van der Waals surface area contributed by atoms with Crippen molar-refractivity contribution in [3.63, 3.8) is 0 Å². The van der Waals surface area contributed by atoms with Crippen molar-refractivity contribution in [2.24, 2.45) is 5.41 Å². The summed E-state index contributed by atoms with van der Waals surface area (Å²) in [6.07, 6.45) is 6.00. The Morgan fingerprint density at radius 2 is 1.90 bits per heavy atom. The maximum Gasteiger partial charge on any atom is 0.323 e. The topological polar surface area (TPSA) is 72.8 Å². The van der Waals surface area contributed by atoms with Crippen LogP contribution in [0.3, 0.4) is 0 Å². The number of aliphatic hydroxyl groups excluding tert-OH is 1. The van der Waals surface area contributed by atoms with E-state index in [2.05, 4.69) is 0 Å². The van der Waals surface area contributed by atoms with Crippen LogP contribution >= 0.6 is 0 Å². The number of esters is 2. The highest BCUT2D eigenvalue weighted by molar-refractivity contribution is 6.01. The number of hydrogen-bond acceptors (Lipinski definition) is 5. The summed E-state index contributed by atoms with van der Waals surface area (Å²) in [5, 5.41) is 10.1. The molecule has 0 aromatic heterocycles. The second kappa shape index (κ2) is 5.85. The van der Waals surface area contributed by atoms with Gasteiger partial charge in [-0.3, -0.25) is 9.59 Å². The molecule has 0 aromatic rings. The number of carbonyl (C=O) groups is 2. The SMILES string of the molecule is COC(=O)C1(C(=O)OC)CC=C2C=CCC(O)C(C)=C2C1. The van der Waals surface area contributed by atoms with E-state index in [0.29, 0.717) is 6.42 Å². The Balaban J connectivity index is 2.53. The smallest absolute Gasteiger partial charge is 0.323 e. The fourth-order valence-electron chi connectivity index (χ4n) is 2.91. The lowest BCUT2D eigenvalue weighted by Gasteiger charge is -2.33. The Labute approximate surface area is 123 Å². The van der Waals surface area contributed by atoms with Gasteiger partial charge in [0.05, 0.1) is 20.3 Å². The number of hydrogen-bond donors (Lipinski definition) is 1. The Morgan fingerprint density at radius 1 is 1.29 bits per heavy atom. The molecule has 114 valence electrons. The summed E-state index contributed by atoms with van der Waals surface area (Å²) in [6, 6.07) is 0. The molecule has 0 radical (unpaired) electrons. The average Bonchev–Trinajstić information content (AvgIpc) is 2.65. The van der Waals surface area contributed by atoms with Crippen LogP contribution in [0, 0.1) is 5.41 Å². The summed E-state index contributed by atoms with van der Waals surface area (Å²) in [5.74, 6) is -1.21. The number of methoxy groups -OCH3 is 2. The minimum atomic E-state index is -1.36. The molecule has 1 atom stereocenters. The molecule has 0 fully saturated rings. The standard InChI is InChI=1S/C16H20O5/c1-10-12-9-16(14(18)20-2,15(19)21-3)8-7-11(12)5-4-6-13(10)17/h4-5,7,13,17H,6,8-9H2,1-3H3. The van der Waals surface area contributed by atoms with E-state index in [1.165, 1.54) is 14.2 Å². The monoisotopic (exact) mass is 292 g/mol. The first-order valence-electron chi connectivity index (χ1n) is 6.88. The van der Waals surface area contributed by atoms with Crippen LogP contribution in [-0.2, 0) is 19.1 Å². The number of rotatable bonds is 2. The molecular formula is C16H20O5. The highest BCUT2D eigenvalue weighted by atomic mass is 16.5. The van der Waals surface area contributed by atoms with Crippen molar-refractivity contribution in [3.05, 3.63) is 34.9 Å². The Bertz CT molecular complexity index is 537. The Morgan fingerprint density at radius 3 is 2.48 bits per heavy atom. The van der Waals surface area contributed by atoms with Gasteiger partial charge in [-0.1, -0.05) is 18.2 Å². The van der Waals surface area contributed by atoms with E-state index in [0.717, 1.165) is 16.7 Å². The van der Waals surface area contributed by atoms with Gasteiger partial charge in [0, 0.05) is 6.42 Å². The van der Waals surface area contributed by atoms with Crippen molar-refractivity contribution in [2.75, 3.05) is 14.2 Å². The van der Waals surface area contributed by atoms with E-state index in [1.807, 2.05) is 25.2 Å². The van der Waals surface area contributed by atoms with Crippen molar-refractivity contribution in [3.8, 4) is 0 Å². The molecule has 0 aliphatic heterocycles. The number of ether oxygens (including phenoxy) is 2. The van der Waals surface area contributed by atoms with Gasteiger partial charge in [-0.15, -0.1) is 0 Å². The first kappa shape index (κ1) is 15.5. The number of aliphatic hydroxyl groups is 1. The highest BCUT2D eigenvalue weighted by Crippen LogP contribution is 2.43. The van der Waals surface area contributed by atoms with Gasteiger partial charge in [0.2, 0.25) is 0 Å². The van der Waals surface area contributed by atoms with Crippen LogP contribution in [0.5, 0.6) is 0 Å². The second-order valence-corrected chi connectivity index (χ2v) is 5.42. The summed E-state index contributed by atoms with van der Waals surface area (Å²) in [7, 11) is 2.52. The van der Waals surface area contributed by atoms with Crippen molar-refractivity contribution in [2.45, 2.75) is 32.3 Å². The van der Waals surface area contributed by atoms with Crippen LogP contribution in [0.4, 0.5) is 0 Å². The third kappa shape index (κ3) is 2.53. The molecule has 1 unspecified atom stereocenters. The molecule has 0 saturated carbocycles. The fraction of sp³-hybridized carbons (Fsp3) is 0.500. The third-order valence-electron chi connectivity index (χ3n) is 4.28. The maximum atomic E-state index is 12.2. The van der Waals surface area contributed by atoms with Gasteiger partial charge in [0.15, 0.2) is 5.41 Å². The summed E-state index contributed by atoms with van der Waals surface area (Å²) in [4.78, 5) is 24.4. The summed E-state index contributed by atoms with van der Waals surface area (Å²) in [5.41, 5.74) is 1.19. The number of carbonyl (C=O) groups excluding carboxylic acids is 2. The van der Waals surface area contributed by atoms with E-state index in [9.17, 15) is 14.7 Å². The first-order valence-corrected chi connectivity index (χ1v) is 6.88. The van der Waals surface area contributed by atoms with Gasteiger partial charge in [-0.2, -0.15) is 0 Å². The van der Waals surface area contributed by atoms with Crippen molar-refractivity contribution in [1.82, 2.24) is 0 Å². The molecule has 5 nitrogen and oxygen atoms in total. The van der Waals surface area contributed by atoms with Gasteiger partial charge < -0.3 is 14.6 Å². The zero-order valence-corrected chi connectivity index (χ0v) is 12.5. The summed E-state index contributed by atoms with van der Waals surface area (Å²) in [6.45, 7) is 1.82. The molecule has 0 amide bonds. The van der Waals surface area contributed by atoms with Crippen LogP contribution in [0.2, 0.25) is 0 Å². The molecule has 21 heavy (non-hydrogen) atoms. The minimum absolute atomic E-state index is 0.186. The van der Waals surface area contributed by atoms with E-state index < -0.39 is 23.5 Å². The van der Waals surface area contributed by atoms with Gasteiger partial charge in [-0.25, -0.2) is 0 Å². The van der Waals surface area contributed by atoms with Crippen molar-refractivity contribution in [1.29, 1.82) is 0 Å². The largest absolute Gasteiger partial charge is 0.468 e. The molecule has 1 N–H and O–H groups in total. The molecule has 0 heterocycles. The molecule has 0 bridgehead atoms. The Hall–Kier alpha value is -1.88. The van der Waals surface area contributed by atoms with Crippen LogP contribution < -0.4 is 0 Å². The molecular weight excluding hydrogens is 272 g/mol. The Kier molecular flexibility index (Phi) is 4.32. The van der Waals surface area contributed by atoms with E-state index in [1.54, 1.807) is 0 Å². The van der Waals surface area contributed by atoms with Crippen LogP contribution in [0.1, 0.15) is 26.2 Å². The molecule has 2 aliphatic rings. The van der Waals surface area contributed by atoms with Crippen molar-refractivity contribution >= 4 is 11.9 Å². The van der Waals surface area contributed by atoms with Crippen LogP contribution in [0.25, 0.3) is 0 Å². The maximum absolute atomic E-state index is 12.2. The van der Waals surface area contributed by atoms with E-state index >= 15 is 0 Å². The van der Waals surface area contributed by atoms with E-state index in [-0.39, 0.29) is 12.8 Å². The van der Waals surface area contributed by atoms with Gasteiger partial charge >= 0.3 is 11.9 Å². The predicted octanol–water partition coefficient (Wildman–Crippen LogP) is 1.68. The minimum Gasteiger partial charge on any atom is -0.468 e. The molecule has 0 aromatic carbocycles. The average molecular weight is 292 g/mol. The van der Waals surface area contributed by atoms with Crippen LogP contribution in [-0.4, -0.2) is 37.4 Å². The normalized spacial score (nSPS) is 23.8. The van der Waals surface area contributed by atoms with E-state index in [4.69, 9.17) is 9.47 Å². The van der Waals surface area contributed by atoms with Crippen molar-refractivity contribution < 1.29 is 24.2 Å². The second-order valence-electron chi connectivity index (χ2n) is 5.42. The van der Waals surface area contributed by atoms with Gasteiger partial charge in [0.25, 0.3) is 0 Å². The zero-order valence-electron chi connectivity index (χ0n) is 12.5. The fourth-order valence-corrected chi connectivity index (χ4v) is 2.91.